The van der Waals surface area contributed by atoms with Crippen LogP contribution in [0.5, 0.6) is 0 Å². The SMILES string of the molecule is C.[CH3-].[CH3-].[Ir+3].[NH2-]. The Morgan fingerprint density at radius 1 is 0.800 bits per heavy atom. The van der Waals surface area contributed by atoms with Gasteiger partial charge in [0.15, 0.2) is 0 Å². The Morgan fingerprint density at radius 3 is 0.800 bits per heavy atom. The van der Waals surface area contributed by atoms with E-state index in [1.54, 1.807) is 0 Å². The standard InChI is InChI=1S/CH4.2CH3.Ir.H2N/h1H4;2*1H3;;1H2/q;2*-1;+3;-1. The van der Waals surface area contributed by atoms with Crippen molar-refractivity contribution in [2.75, 3.05) is 0 Å². The minimum atomic E-state index is 0. The molecule has 0 heterocycles. The monoisotopic (exact) mass is 255 g/mol. The van der Waals surface area contributed by atoms with E-state index >= 15 is 0 Å². The zero-order chi connectivity index (χ0) is 0. The summed E-state index contributed by atoms with van der Waals surface area (Å²) in [5.74, 6) is 0. The predicted molar refractivity (Wildman–Crippen MR) is 24.8 cm³/mol. The topological polar surface area (TPSA) is 33.5 Å². The molecular formula is C3H12IrN. The van der Waals surface area contributed by atoms with E-state index < -0.39 is 0 Å². The van der Waals surface area contributed by atoms with Crippen LogP contribution in [-0.2, 0) is 20.1 Å². The summed E-state index contributed by atoms with van der Waals surface area (Å²) in [5.41, 5.74) is 0. The molecule has 0 rings (SSSR count). The van der Waals surface area contributed by atoms with Crippen LogP contribution in [0, 0.1) is 14.9 Å². The van der Waals surface area contributed by atoms with E-state index in [1.807, 2.05) is 0 Å². The van der Waals surface area contributed by atoms with Crippen molar-refractivity contribution in [3.05, 3.63) is 21.0 Å². The first-order chi connectivity index (χ1) is 0. The first kappa shape index (κ1) is 321. The molecule has 0 saturated carbocycles. The summed E-state index contributed by atoms with van der Waals surface area (Å²) < 4.78 is 0. The van der Waals surface area contributed by atoms with Crippen LogP contribution in [-0.4, -0.2) is 0 Å². The molecule has 2 N–H and O–H groups in total. The van der Waals surface area contributed by atoms with Gasteiger partial charge < -0.3 is 21.0 Å². The van der Waals surface area contributed by atoms with Gasteiger partial charge in [-0.05, 0) is 0 Å². The van der Waals surface area contributed by atoms with Crippen molar-refractivity contribution in [2.45, 2.75) is 7.43 Å². The second-order valence-electron chi connectivity index (χ2n) is 0. The van der Waals surface area contributed by atoms with Crippen LogP contribution < -0.4 is 0 Å². The number of hydrogen-bond acceptors (Lipinski definition) is 0. The molecular weight excluding hydrogens is 242 g/mol. The molecule has 0 aromatic carbocycles. The number of rotatable bonds is 0. The van der Waals surface area contributed by atoms with Gasteiger partial charge in [-0.15, -0.1) is 0 Å². The Balaban J connectivity index is 0. The van der Waals surface area contributed by atoms with Gasteiger partial charge in [-0.1, -0.05) is 7.43 Å². The average molecular weight is 254 g/mol. The van der Waals surface area contributed by atoms with E-state index in [0.29, 0.717) is 0 Å². The zero-order valence-electron chi connectivity index (χ0n) is 2.91. The molecule has 0 spiro atoms. The fourth-order valence-electron chi connectivity index (χ4n) is 0. The molecule has 0 bridgehead atoms. The third-order valence-corrected chi connectivity index (χ3v) is 0. The molecule has 0 saturated heterocycles. The smallest absolute Gasteiger partial charge is 0.693 e. The molecule has 38 valence electrons. The molecule has 0 aliphatic rings. The molecule has 0 unspecified atom stereocenters. The van der Waals surface area contributed by atoms with Crippen molar-refractivity contribution in [3.63, 3.8) is 0 Å². The summed E-state index contributed by atoms with van der Waals surface area (Å²) in [6, 6.07) is 0. The zero-order valence-corrected chi connectivity index (χ0v) is 5.31. The molecule has 2 heteroatoms. The van der Waals surface area contributed by atoms with E-state index in [4.69, 9.17) is 0 Å². The van der Waals surface area contributed by atoms with Crippen LogP contribution in [0.25, 0.3) is 6.15 Å². The van der Waals surface area contributed by atoms with Gasteiger partial charge in [0.2, 0.25) is 0 Å². The van der Waals surface area contributed by atoms with Crippen molar-refractivity contribution in [2.24, 2.45) is 0 Å². The van der Waals surface area contributed by atoms with Gasteiger partial charge in [-0.2, -0.15) is 0 Å². The third-order valence-electron chi connectivity index (χ3n) is 0. The van der Waals surface area contributed by atoms with Gasteiger partial charge in [-0.3, -0.25) is 0 Å². The Bertz CT molecular complexity index is 6.85. The molecule has 5 heavy (non-hydrogen) atoms. The maximum absolute atomic E-state index is 0. The molecule has 0 aliphatic heterocycles. The van der Waals surface area contributed by atoms with Crippen molar-refractivity contribution >= 4 is 0 Å². The molecule has 1 nitrogen and oxygen atoms in total. The first-order valence-electron chi connectivity index (χ1n) is 0. The molecule has 0 atom stereocenters. The maximum Gasteiger partial charge on any atom is 3.00 e. The molecule has 0 radical (unpaired) electrons. The fraction of sp³-hybridized carbons (Fsp3) is 0.333. The Morgan fingerprint density at radius 2 is 0.800 bits per heavy atom. The summed E-state index contributed by atoms with van der Waals surface area (Å²) >= 11 is 0. The van der Waals surface area contributed by atoms with Crippen molar-refractivity contribution < 1.29 is 20.1 Å². The fourth-order valence-corrected chi connectivity index (χ4v) is 0. The molecule has 0 aromatic rings. The number of nitrogens with two attached hydrogens (primary N) is 1. The van der Waals surface area contributed by atoms with Crippen molar-refractivity contribution in [1.82, 2.24) is 0 Å². The molecule has 0 aliphatic carbocycles. The third kappa shape index (κ3) is 84.5. The van der Waals surface area contributed by atoms with Crippen LogP contribution in [0.2, 0.25) is 0 Å². The summed E-state index contributed by atoms with van der Waals surface area (Å²) in [5, 5.41) is 0. The first-order valence-corrected chi connectivity index (χ1v) is 0. The van der Waals surface area contributed by atoms with E-state index in [9.17, 15) is 0 Å². The second-order valence-corrected chi connectivity index (χ2v) is 0. The summed E-state index contributed by atoms with van der Waals surface area (Å²) in [7, 11) is 0. The van der Waals surface area contributed by atoms with E-state index in [1.165, 1.54) is 0 Å². The second kappa shape index (κ2) is 162. The van der Waals surface area contributed by atoms with Crippen LogP contribution in [0.3, 0.4) is 0 Å². The molecule has 0 fully saturated rings. The summed E-state index contributed by atoms with van der Waals surface area (Å²) in [4.78, 5) is 0. The van der Waals surface area contributed by atoms with E-state index in [-0.39, 0.29) is 48.5 Å². The Kier molecular flexibility index (Phi) is 10400. The average Bonchev–Trinajstić information content (AvgIpc) is 0. The minimum absolute atomic E-state index is 0. The van der Waals surface area contributed by atoms with E-state index in [0.717, 1.165) is 0 Å². The van der Waals surface area contributed by atoms with Gasteiger partial charge in [0.1, 0.15) is 0 Å². The Labute approximate surface area is 49.1 Å². The normalized spacial score (nSPS) is 0. The van der Waals surface area contributed by atoms with Crippen LogP contribution in [0.1, 0.15) is 7.43 Å². The minimum Gasteiger partial charge on any atom is -0.693 e. The predicted octanol–water partition coefficient (Wildman–Crippen LogP) is 2.25. The summed E-state index contributed by atoms with van der Waals surface area (Å²) in [6.45, 7) is 0. The molecule has 0 amide bonds. The summed E-state index contributed by atoms with van der Waals surface area (Å²) in [6.07, 6.45) is 0. The van der Waals surface area contributed by atoms with Crippen molar-refractivity contribution in [3.8, 4) is 0 Å². The van der Waals surface area contributed by atoms with E-state index in [2.05, 4.69) is 0 Å². The van der Waals surface area contributed by atoms with Crippen LogP contribution in [0.4, 0.5) is 0 Å². The largest absolute Gasteiger partial charge is 3.00 e. The van der Waals surface area contributed by atoms with Crippen molar-refractivity contribution in [1.29, 1.82) is 0 Å². The van der Waals surface area contributed by atoms with Gasteiger partial charge >= 0.3 is 20.1 Å². The quantitative estimate of drug-likeness (QED) is 0.594. The van der Waals surface area contributed by atoms with Crippen LogP contribution in [0.15, 0.2) is 0 Å². The Hall–Kier alpha value is 0.609. The van der Waals surface area contributed by atoms with Gasteiger partial charge in [0, 0.05) is 0 Å². The van der Waals surface area contributed by atoms with Crippen LogP contribution >= 0.6 is 0 Å². The van der Waals surface area contributed by atoms with Gasteiger partial charge in [-0.25, -0.2) is 0 Å². The van der Waals surface area contributed by atoms with Gasteiger partial charge in [0.25, 0.3) is 0 Å². The maximum atomic E-state index is 0. The molecule has 0 aromatic heterocycles. The number of hydrogen-bond donors (Lipinski definition) is 0. The van der Waals surface area contributed by atoms with Gasteiger partial charge in [0.05, 0.1) is 0 Å².